The quantitative estimate of drug-likeness (QED) is 0.946. The minimum atomic E-state index is 0.554. The van der Waals surface area contributed by atoms with Gasteiger partial charge in [-0.05, 0) is 34.3 Å². The van der Waals surface area contributed by atoms with Crippen LogP contribution in [0.2, 0.25) is 0 Å². The number of nitrogen functional groups attached to an aromatic ring is 1. The number of halogens is 1. The average molecular weight is 304 g/mol. The second-order valence-corrected chi connectivity index (χ2v) is 5.45. The molecule has 0 atom stereocenters. The van der Waals surface area contributed by atoms with Crippen molar-refractivity contribution in [3.8, 4) is 0 Å². The van der Waals surface area contributed by atoms with Gasteiger partial charge in [0.05, 0.1) is 10.2 Å². The van der Waals surface area contributed by atoms with E-state index in [1.807, 2.05) is 18.2 Å². The van der Waals surface area contributed by atoms with Gasteiger partial charge in [-0.25, -0.2) is 9.97 Å². The molecule has 1 aromatic carbocycles. The predicted octanol–water partition coefficient (Wildman–Crippen LogP) is 3.29. The highest BCUT2D eigenvalue weighted by atomic mass is 79.9. The van der Waals surface area contributed by atoms with Gasteiger partial charge in [0, 0.05) is 12.3 Å². The van der Waals surface area contributed by atoms with Gasteiger partial charge in [0.25, 0.3) is 0 Å². The lowest BCUT2D eigenvalue weighted by atomic mass is 10.1. The first kappa shape index (κ1) is 11.7. The van der Waals surface area contributed by atoms with Crippen molar-refractivity contribution in [2.24, 2.45) is 0 Å². The first-order chi connectivity index (χ1) is 8.74. The molecule has 92 valence electrons. The van der Waals surface area contributed by atoms with E-state index >= 15 is 0 Å². The Morgan fingerprint density at radius 1 is 1.17 bits per heavy atom. The molecule has 1 heterocycles. The van der Waals surface area contributed by atoms with Gasteiger partial charge in [-0.2, -0.15) is 0 Å². The SMILES string of the molecule is Nc1nc(Cc2ccccc2)nc(C2CC2)c1Br. The second kappa shape index (κ2) is 4.69. The lowest BCUT2D eigenvalue weighted by molar-refractivity contribution is 0.895. The monoisotopic (exact) mass is 303 g/mol. The van der Waals surface area contributed by atoms with Crippen LogP contribution in [-0.4, -0.2) is 9.97 Å². The zero-order valence-electron chi connectivity index (χ0n) is 9.94. The van der Waals surface area contributed by atoms with E-state index < -0.39 is 0 Å². The van der Waals surface area contributed by atoms with Crippen LogP contribution in [0.3, 0.4) is 0 Å². The van der Waals surface area contributed by atoms with Crippen molar-refractivity contribution in [1.82, 2.24) is 9.97 Å². The Hall–Kier alpha value is -1.42. The molecule has 3 nitrogen and oxygen atoms in total. The Labute approximate surface area is 115 Å². The van der Waals surface area contributed by atoms with Crippen molar-refractivity contribution in [2.45, 2.75) is 25.2 Å². The molecule has 1 aliphatic carbocycles. The molecule has 0 radical (unpaired) electrons. The summed E-state index contributed by atoms with van der Waals surface area (Å²) in [4.78, 5) is 9.01. The van der Waals surface area contributed by atoms with Crippen molar-refractivity contribution in [1.29, 1.82) is 0 Å². The predicted molar refractivity (Wildman–Crippen MR) is 75.4 cm³/mol. The van der Waals surface area contributed by atoms with Gasteiger partial charge in [-0.3, -0.25) is 0 Å². The molecule has 0 spiro atoms. The highest BCUT2D eigenvalue weighted by molar-refractivity contribution is 9.10. The molecule has 1 saturated carbocycles. The number of hydrogen-bond donors (Lipinski definition) is 1. The summed E-state index contributed by atoms with van der Waals surface area (Å²) in [6.07, 6.45) is 3.15. The molecule has 0 unspecified atom stereocenters. The largest absolute Gasteiger partial charge is 0.383 e. The zero-order valence-corrected chi connectivity index (χ0v) is 11.5. The maximum atomic E-state index is 5.94. The van der Waals surface area contributed by atoms with Gasteiger partial charge < -0.3 is 5.73 Å². The van der Waals surface area contributed by atoms with Crippen LogP contribution < -0.4 is 5.73 Å². The van der Waals surface area contributed by atoms with Gasteiger partial charge >= 0.3 is 0 Å². The van der Waals surface area contributed by atoms with E-state index in [1.54, 1.807) is 0 Å². The van der Waals surface area contributed by atoms with Crippen LogP contribution in [0.5, 0.6) is 0 Å². The maximum Gasteiger partial charge on any atom is 0.141 e. The van der Waals surface area contributed by atoms with Crippen LogP contribution in [0, 0.1) is 0 Å². The van der Waals surface area contributed by atoms with Crippen LogP contribution in [0.15, 0.2) is 34.8 Å². The van der Waals surface area contributed by atoms with Crippen molar-refractivity contribution < 1.29 is 0 Å². The topological polar surface area (TPSA) is 51.8 Å². The van der Waals surface area contributed by atoms with Crippen LogP contribution >= 0.6 is 15.9 Å². The molecule has 18 heavy (non-hydrogen) atoms. The summed E-state index contributed by atoms with van der Waals surface area (Å²) in [5.41, 5.74) is 8.23. The molecule has 2 N–H and O–H groups in total. The number of nitrogens with zero attached hydrogens (tertiary/aromatic N) is 2. The minimum absolute atomic E-state index is 0.554. The van der Waals surface area contributed by atoms with Crippen molar-refractivity contribution in [3.05, 3.63) is 51.9 Å². The highest BCUT2D eigenvalue weighted by Crippen LogP contribution is 2.43. The van der Waals surface area contributed by atoms with Crippen molar-refractivity contribution >= 4 is 21.7 Å². The molecule has 0 saturated heterocycles. The Morgan fingerprint density at radius 2 is 1.89 bits per heavy atom. The summed E-state index contributed by atoms with van der Waals surface area (Å²) in [6, 6.07) is 10.2. The summed E-state index contributed by atoms with van der Waals surface area (Å²) < 4.78 is 0.877. The van der Waals surface area contributed by atoms with Crippen LogP contribution in [0.1, 0.15) is 35.8 Å². The first-order valence-corrected chi connectivity index (χ1v) is 6.89. The Bertz CT molecular complexity index is 565. The molecule has 1 fully saturated rings. The Morgan fingerprint density at radius 3 is 2.56 bits per heavy atom. The van der Waals surface area contributed by atoms with E-state index in [0.29, 0.717) is 11.7 Å². The number of hydrogen-bond acceptors (Lipinski definition) is 3. The van der Waals surface area contributed by atoms with Gasteiger partial charge in [0.2, 0.25) is 0 Å². The smallest absolute Gasteiger partial charge is 0.141 e. The van der Waals surface area contributed by atoms with Crippen molar-refractivity contribution in [3.63, 3.8) is 0 Å². The zero-order chi connectivity index (χ0) is 12.5. The molecule has 2 aromatic rings. The highest BCUT2D eigenvalue weighted by Gasteiger charge is 2.28. The molecule has 4 heteroatoms. The van der Waals surface area contributed by atoms with E-state index in [0.717, 1.165) is 22.4 Å². The summed E-state index contributed by atoms with van der Waals surface area (Å²) >= 11 is 3.49. The van der Waals surface area contributed by atoms with Crippen LogP contribution in [-0.2, 0) is 6.42 Å². The summed E-state index contributed by atoms with van der Waals surface area (Å²) in [5.74, 6) is 1.93. The van der Waals surface area contributed by atoms with Crippen molar-refractivity contribution in [2.75, 3.05) is 5.73 Å². The van der Waals surface area contributed by atoms with E-state index in [4.69, 9.17) is 5.73 Å². The number of anilines is 1. The summed E-state index contributed by atoms with van der Waals surface area (Å²) in [7, 11) is 0. The van der Waals surface area contributed by atoms with Gasteiger partial charge in [0.15, 0.2) is 0 Å². The molecular formula is C14H14BrN3. The van der Waals surface area contributed by atoms with Crippen LogP contribution in [0.4, 0.5) is 5.82 Å². The molecule has 3 rings (SSSR count). The fraction of sp³-hybridized carbons (Fsp3) is 0.286. The molecule has 1 aliphatic rings. The summed E-state index contributed by atoms with van der Waals surface area (Å²) in [6.45, 7) is 0. The van der Waals surface area contributed by atoms with Gasteiger partial charge in [-0.15, -0.1) is 0 Å². The third-order valence-electron chi connectivity index (χ3n) is 3.12. The molecule has 1 aromatic heterocycles. The molecular weight excluding hydrogens is 290 g/mol. The number of benzene rings is 1. The maximum absolute atomic E-state index is 5.94. The number of rotatable bonds is 3. The molecule has 0 aliphatic heterocycles. The molecule has 0 amide bonds. The molecule has 0 bridgehead atoms. The van der Waals surface area contributed by atoms with Gasteiger partial charge in [0.1, 0.15) is 11.6 Å². The van der Waals surface area contributed by atoms with Crippen LogP contribution in [0.25, 0.3) is 0 Å². The average Bonchev–Trinajstić information content (AvgIpc) is 3.19. The minimum Gasteiger partial charge on any atom is -0.383 e. The Balaban J connectivity index is 1.93. The van der Waals surface area contributed by atoms with E-state index in [2.05, 4.69) is 38.0 Å². The second-order valence-electron chi connectivity index (χ2n) is 4.66. The lowest BCUT2D eigenvalue weighted by Crippen LogP contribution is -2.05. The van der Waals surface area contributed by atoms with E-state index in [-0.39, 0.29) is 0 Å². The fourth-order valence-corrected chi connectivity index (χ4v) is 2.52. The van der Waals surface area contributed by atoms with E-state index in [1.165, 1.54) is 18.4 Å². The first-order valence-electron chi connectivity index (χ1n) is 6.10. The number of aromatic nitrogens is 2. The fourth-order valence-electron chi connectivity index (χ4n) is 2.02. The van der Waals surface area contributed by atoms with E-state index in [9.17, 15) is 0 Å². The third-order valence-corrected chi connectivity index (χ3v) is 3.93. The number of nitrogens with two attached hydrogens (primary N) is 1. The lowest BCUT2D eigenvalue weighted by Gasteiger charge is -2.08. The van der Waals surface area contributed by atoms with Gasteiger partial charge in [-0.1, -0.05) is 30.3 Å². The Kier molecular flexibility index (Phi) is 3.04. The normalized spacial score (nSPS) is 14.7. The standard InChI is InChI=1S/C14H14BrN3/c15-12-13(10-6-7-10)17-11(18-14(12)16)8-9-4-2-1-3-5-9/h1-5,10H,6-8H2,(H2,16,17,18). The summed E-state index contributed by atoms with van der Waals surface area (Å²) in [5, 5.41) is 0. The third kappa shape index (κ3) is 2.38.